The van der Waals surface area contributed by atoms with Crippen molar-refractivity contribution < 1.29 is 4.74 Å². The highest BCUT2D eigenvalue weighted by Gasteiger charge is 2.31. The first-order valence-corrected chi connectivity index (χ1v) is 7.81. The monoisotopic (exact) mass is 277 g/mol. The lowest BCUT2D eigenvalue weighted by atomic mass is 9.82. The predicted molar refractivity (Wildman–Crippen MR) is 87.1 cm³/mol. The minimum absolute atomic E-state index is 0.163. The first-order chi connectivity index (χ1) is 9.49. The van der Waals surface area contributed by atoms with Gasteiger partial charge in [-0.25, -0.2) is 0 Å². The van der Waals surface area contributed by atoms with Gasteiger partial charge in [-0.05, 0) is 44.2 Å². The third-order valence-electron chi connectivity index (χ3n) is 3.76. The molecule has 2 unspecified atom stereocenters. The first kappa shape index (κ1) is 17.2. The maximum atomic E-state index is 6.00. The number of hydrogen-bond acceptors (Lipinski definition) is 2. The molecular formula is C18H31NO. The zero-order chi connectivity index (χ0) is 15.0. The van der Waals surface area contributed by atoms with Gasteiger partial charge in [0.15, 0.2) is 0 Å². The van der Waals surface area contributed by atoms with Crippen LogP contribution in [-0.4, -0.2) is 25.8 Å². The van der Waals surface area contributed by atoms with E-state index in [4.69, 9.17) is 4.74 Å². The van der Waals surface area contributed by atoms with Crippen molar-refractivity contribution in [3.63, 3.8) is 0 Å². The SMILES string of the molecule is CCOC(C(CCCc1ccccc1)NC)C(C)(C)C. The van der Waals surface area contributed by atoms with Gasteiger partial charge in [-0.15, -0.1) is 0 Å². The maximum absolute atomic E-state index is 6.00. The van der Waals surface area contributed by atoms with Crippen molar-refractivity contribution in [3.8, 4) is 0 Å². The second-order valence-corrected chi connectivity index (χ2v) is 6.51. The van der Waals surface area contributed by atoms with Crippen molar-refractivity contribution in [2.24, 2.45) is 5.41 Å². The maximum Gasteiger partial charge on any atom is 0.0775 e. The van der Waals surface area contributed by atoms with Crippen LogP contribution in [0.3, 0.4) is 0 Å². The molecule has 0 amide bonds. The molecule has 0 saturated carbocycles. The van der Waals surface area contributed by atoms with E-state index < -0.39 is 0 Å². The van der Waals surface area contributed by atoms with Crippen molar-refractivity contribution in [2.45, 2.75) is 59.1 Å². The van der Waals surface area contributed by atoms with Gasteiger partial charge in [-0.1, -0.05) is 51.1 Å². The fourth-order valence-electron chi connectivity index (χ4n) is 2.77. The second kappa shape index (κ2) is 8.43. The minimum atomic E-state index is 0.163. The smallest absolute Gasteiger partial charge is 0.0775 e. The summed E-state index contributed by atoms with van der Waals surface area (Å²) in [5.74, 6) is 0. The van der Waals surface area contributed by atoms with E-state index in [1.54, 1.807) is 0 Å². The van der Waals surface area contributed by atoms with Gasteiger partial charge in [0, 0.05) is 12.6 Å². The molecule has 0 saturated heterocycles. The number of hydrogen-bond donors (Lipinski definition) is 1. The Morgan fingerprint density at radius 2 is 1.80 bits per heavy atom. The molecule has 20 heavy (non-hydrogen) atoms. The zero-order valence-corrected chi connectivity index (χ0v) is 13.8. The largest absolute Gasteiger partial charge is 0.376 e. The van der Waals surface area contributed by atoms with Crippen LogP contribution in [0.2, 0.25) is 0 Å². The Morgan fingerprint density at radius 1 is 1.15 bits per heavy atom. The van der Waals surface area contributed by atoms with Crippen LogP contribution >= 0.6 is 0 Å². The molecule has 114 valence electrons. The van der Waals surface area contributed by atoms with Crippen molar-refractivity contribution in [2.75, 3.05) is 13.7 Å². The van der Waals surface area contributed by atoms with E-state index in [-0.39, 0.29) is 11.5 Å². The molecule has 1 aromatic rings. The summed E-state index contributed by atoms with van der Waals surface area (Å²) in [4.78, 5) is 0. The van der Waals surface area contributed by atoms with Crippen LogP contribution in [0.25, 0.3) is 0 Å². The summed E-state index contributed by atoms with van der Waals surface area (Å²) in [6.45, 7) is 9.63. The number of likely N-dealkylation sites (N-methyl/N-ethyl adjacent to an activating group) is 1. The number of aryl methyl sites for hydroxylation is 1. The van der Waals surface area contributed by atoms with E-state index in [1.807, 2.05) is 7.05 Å². The van der Waals surface area contributed by atoms with Gasteiger partial charge in [0.25, 0.3) is 0 Å². The molecule has 0 aliphatic carbocycles. The van der Waals surface area contributed by atoms with Gasteiger partial charge < -0.3 is 10.1 Å². The van der Waals surface area contributed by atoms with Gasteiger partial charge in [-0.3, -0.25) is 0 Å². The summed E-state index contributed by atoms with van der Waals surface area (Å²) in [6, 6.07) is 11.1. The molecule has 1 aromatic carbocycles. The average Bonchev–Trinajstić information content (AvgIpc) is 2.42. The first-order valence-electron chi connectivity index (χ1n) is 7.81. The molecule has 0 aromatic heterocycles. The summed E-state index contributed by atoms with van der Waals surface area (Å²) in [6.07, 6.45) is 3.73. The Kier molecular flexibility index (Phi) is 7.25. The standard InChI is InChI=1S/C18H31NO/c1-6-20-17(18(2,3)4)16(19-5)14-10-13-15-11-8-7-9-12-15/h7-9,11-12,16-17,19H,6,10,13-14H2,1-5H3. The van der Waals surface area contributed by atoms with Gasteiger partial charge in [0.2, 0.25) is 0 Å². The highest BCUT2D eigenvalue weighted by molar-refractivity contribution is 5.14. The van der Waals surface area contributed by atoms with Crippen LogP contribution in [0.1, 0.15) is 46.1 Å². The molecule has 2 atom stereocenters. The lowest BCUT2D eigenvalue weighted by Gasteiger charge is -2.36. The molecule has 0 bridgehead atoms. The summed E-state index contributed by atoms with van der Waals surface area (Å²) < 4.78 is 6.00. The second-order valence-electron chi connectivity index (χ2n) is 6.51. The number of rotatable bonds is 8. The van der Waals surface area contributed by atoms with E-state index in [9.17, 15) is 0 Å². The molecule has 0 radical (unpaired) electrons. The summed E-state index contributed by atoms with van der Waals surface area (Å²) in [5, 5.41) is 3.45. The quantitative estimate of drug-likeness (QED) is 0.774. The van der Waals surface area contributed by atoms with Crippen LogP contribution in [0, 0.1) is 5.41 Å². The molecule has 2 heteroatoms. The topological polar surface area (TPSA) is 21.3 Å². The average molecular weight is 277 g/mol. The third kappa shape index (κ3) is 5.64. The number of ether oxygens (including phenoxy) is 1. The molecule has 1 N–H and O–H groups in total. The number of benzene rings is 1. The third-order valence-corrected chi connectivity index (χ3v) is 3.76. The molecular weight excluding hydrogens is 246 g/mol. The van der Waals surface area contributed by atoms with E-state index in [1.165, 1.54) is 12.0 Å². The Bertz CT molecular complexity index is 355. The van der Waals surface area contributed by atoms with E-state index >= 15 is 0 Å². The van der Waals surface area contributed by atoms with Crippen molar-refractivity contribution in [1.82, 2.24) is 5.32 Å². The summed E-state index contributed by atoms with van der Waals surface area (Å²) in [7, 11) is 2.05. The molecule has 0 spiro atoms. The van der Waals surface area contributed by atoms with Crippen LogP contribution in [0.15, 0.2) is 30.3 Å². The molecule has 0 aliphatic heterocycles. The van der Waals surface area contributed by atoms with Crippen LogP contribution in [0.5, 0.6) is 0 Å². The van der Waals surface area contributed by atoms with Crippen LogP contribution in [-0.2, 0) is 11.2 Å². The predicted octanol–water partition coefficient (Wildman–Crippen LogP) is 4.05. The van der Waals surface area contributed by atoms with Crippen molar-refractivity contribution in [1.29, 1.82) is 0 Å². The fourth-order valence-corrected chi connectivity index (χ4v) is 2.77. The Labute approximate surface area is 124 Å². The van der Waals surface area contributed by atoms with Crippen LogP contribution < -0.4 is 5.32 Å². The van der Waals surface area contributed by atoms with Gasteiger partial charge in [-0.2, -0.15) is 0 Å². The molecule has 1 rings (SSSR count). The molecule has 2 nitrogen and oxygen atoms in total. The van der Waals surface area contributed by atoms with Crippen molar-refractivity contribution >= 4 is 0 Å². The molecule has 0 aliphatic rings. The highest BCUT2D eigenvalue weighted by atomic mass is 16.5. The Hall–Kier alpha value is -0.860. The lowest BCUT2D eigenvalue weighted by Crippen LogP contribution is -2.47. The fraction of sp³-hybridized carbons (Fsp3) is 0.667. The van der Waals surface area contributed by atoms with E-state index in [0.717, 1.165) is 19.4 Å². The number of nitrogens with one attached hydrogen (secondary N) is 1. The minimum Gasteiger partial charge on any atom is -0.376 e. The summed E-state index contributed by atoms with van der Waals surface area (Å²) in [5.41, 5.74) is 1.59. The highest BCUT2D eigenvalue weighted by Crippen LogP contribution is 2.27. The van der Waals surface area contributed by atoms with Crippen molar-refractivity contribution in [3.05, 3.63) is 35.9 Å². The normalized spacial score (nSPS) is 15.1. The van der Waals surface area contributed by atoms with E-state index in [0.29, 0.717) is 6.04 Å². The zero-order valence-electron chi connectivity index (χ0n) is 13.8. The molecule has 0 fully saturated rings. The van der Waals surface area contributed by atoms with Crippen LogP contribution in [0.4, 0.5) is 0 Å². The van der Waals surface area contributed by atoms with Gasteiger partial charge >= 0.3 is 0 Å². The van der Waals surface area contributed by atoms with Gasteiger partial charge in [0.05, 0.1) is 6.10 Å². The lowest BCUT2D eigenvalue weighted by molar-refractivity contribution is -0.0361. The summed E-state index contributed by atoms with van der Waals surface area (Å²) >= 11 is 0. The van der Waals surface area contributed by atoms with E-state index in [2.05, 4.69) is 63.3 Å². The Morgan fingerprint density at radius 3 is 2.30 bits per heavy atom. The Balaban J connectivity index is 2.52. The molecule has 0 heterocycles. The van der Waals surface area contributed by atoms with Gasteiger partial charge in [0.1, 0.15) is 0 Å².